The van der Waals surface area contributed by atoms with Gasteiger partial charge in [-0.25, -0.2) is 9.59 Å². The van der Waals surface area contributed by atoms with E-state index >= 15 is 0 Å². The Kier molecular flexibility index (Phi) is 6.32. The number of carbonyl (C=O) groups excluding carboxylic acids is 2. The summed E-state index contributed by atoms with van der Waals surface area (Å²) in [6.45, 7) is 6.69. The first-order valence-corrected chi connectivity index (χ1v) is 12.2. The molecule has 2 aromatic rings. The van der Waals surface area contributed by atoms with Gasteiger partial charge in [0.1, 0.15) is 24.6 Å². The number of aromatic nitrogens is 1. The average molecular weight is 481 g/mol. The molecule has 0 bridgehead atoms. The molecule has 35 heavy (non-hydrogen) atoms. The number of hydrogen-bond donors (Lipinski definition) is 2. The Hall–Kier alpha value is -3.26. The fourth-order valence-corrected chi connectivity index (χ4v) is 5.25. The van der Waals surface area contributed by atoms with Crippen molar-refractivity contribution in [2.45, 2.75) is 56.8 Å². The summed E-state index contributed by atoms with van der Waals surface area (Å²) in [7, 11) is 1.65. The number of esters is 1. The Bertz CT molecular complexity index is 1180. The van der Waals surface area contributed by atoms with E-state index in [4.69, 9.17) is 18.9 Å². The third kappa shape index (κ3) is 4.80. The molecule has 2 N–H and O–H groups in total. The van der Waals surface area contributed by atoms with Gasteiger partial charge in [-0.15, -0.1) is 0 Å². The van der Waals surface area contributed by atoms with E-state index in [1.807, 2.05) is 24.4 Å². The Balaban J connectivity index is 1.13. The number of aromatic amines is 1. The first-order valence-electron chi connectivity index (χ1n) is 12.2. The zero-order chi connectivity index (χ0) is 24.6. The molecule has 186 valence electrons. The zero-order valence-electron chi connectivity index (χ0n) is 20.2. The van der Waals surface area contributed by atoms with Gasteiger partial charge in [0, 0.05) is 35.1 Å². The van der Waals surface area contributed by atoms with Crippen LogP contribution in [-0.2, 0) is 25.4 Å². The fraction of sp³-hybridized carbons (Fsp3) is 0.481. The molecule has 3 aliphatic rings. The molecule has 2 saturated heterocycles. The third-order valence-corrected chi connectivity index (χ3v) is 7.47. The van der Waals surface area contributed by atoms with Crippen molar-refractivity contribution in [3.63, 3.8) is 0 Å². The lowest BCUT2D eigenvalue weighted by Gasteiger charge is -2.20. The van der Waals surface area contributed by atoms with Crippen LogP contribution >= 0.6 is 0 Å². The number of H-pyrrole nitrogens is 1. The molecule has 1 aliphatic carbocycles. The molecule has 3 heterocycles. The van der Waals surface area contributed by atoms with Gasteiger partial charge >= 0.3 is 12.1 Å². The van der Waals surface area contributed by atoms with Crippen LogP contribution in [0.15, 0.2) is 48.2 Å². The Morgan fingerprint density at radius 2 is 2.23 bits per heavy atom. The number of amides is 1. The highest BCUT2D eigenvalue weighted by Gasteiger charge is 2.61. The number of rotatable bonds is 6. The molecule has 4 atom stereocenters. The van der Waals surface area contributed by atoms with Crippen molar-refractivity contribution in [3.8, 4) is 5.75 Å². The first-order chi connectivity index (χ1) is 16.9. The van der Waals surface area contributed by atoms with Crippen molar-refractivity contribution >= 4 is 23.0 Å². The largest absolute Gasteiger partial charge is 0.497 e. The molecule has 0 radical (unpaired) electrons. The zero-order valence-corrected chi connectivity index (χ0v) is 20.2. The molecule has 2 aliphatic heterocycles. The number of methoxy groups -OCH3 is 1. The molecular weight excluding hydrogens is 448 g/mol. The quantitative estimate of drug-likeness (QED) is 0.278. The van der Waals surface area contributed by atoms with Crippen LogP contribution in [0, 0.1) is 5.92 Å². The predicted octanol–water partition coefficient (Wildman–Crippen LogP) is 4.20. The minimum Gasteiger partial charge on any atom is -0.497 e. The summed E-state index contributed by atoms with van der Waals surface area (Å²) >= 11 is 0. The van der Waals surface area contributed by atoms with E-state index in [0.717, 1.165) is 40.6 Å². The highest BCUT2D eigenvalue weighted by atomic mass is 16.6. The molecular formula is C27H32N2O6. The number of benzene rings is 1. The normalized spacial score (nSPS) is 29.4. The lowest BCUT2D eigenvalue weighted by molar-refractivity contribution is -0.140. The summed E-state index contributed by atoms with van der Waals surface area (Å²) in [6.07, 6.45) is 7.06. The van der Waals surface area contributed by atoms with E-state index in [2.05, 4.69) is 29.9 Å². The van der Waals surface area contributed by atoms with Gasteiger partial charge in [0.15, 0.2) is 0 Å². The standard InChI is InChI=1S/C27H32N2O6/c1-16-20-8-6-17(5-4-11-27(2)24(35-27)23(20)34-25(16)30)15-33-26(31)28-12-10-18-14-29-22-9-7-19(32-3)13-21(18)22/h5,7,9,13-14,20,23-24,29H,1,4,6,8,10-12,15H2,2-3H3,(H,28,31)/b17-5+/t20-,23-,24-,27+/m0/s1. The van der Waals surface area contributed by atoms with Gasteiger partial charge in [-0.05, 0) is 68.4 Å². The number of allylic oxidation sites excluding steroid dienone is 1. The molecule has 1 amide bonds. The number of epoxide rings is 1. The van der Waals surface area contributed by atoms with Crippen molar-refractivity contribution in [1.82, 2.24) is 10.3 Å². The number of carbonyl (C=O) groups is 2. The third-order valence-electron chi connectivity index (χ3n) is 7.47. The number of alkyl carbamates (subject to hydrolysis) is 1. The van der Waals surface area contributed by atoms with E-state index < -0.39 is 6.09 Å². The molecule has 0 unspecified atom stereocenters. The monoisotopic (exact) mass is 480 g/mol. The highest BCUT2D eigenvalue weighted by Crippen LogP contribution is 2.49. The van der Waals surface area contributed by atoms with E-state index in [1.54, 1.807) is 7.11 Å². The Labute approximate surface area is 204 Å². The summed E-state index contributed by atoms with van der Waals surface area (Å²) < 4.78 is 22.4. The maximum atomic E-state index is 12.4. The van der Waals surface area contributed by atoms with Gasteiger partial charge in [-0.1, -0.05) is 12.7 Å². The smallest absolute Gasteiger partial charge is 0.407 e. The van der Waals surface area contributed by atoms with Crippen molar-refractivity contribution in [3.05, 3.63) is 53.8 Å². The molecule has 8 nitrogen and oxygen atoms in total. The van der Waals surface area contributed by atoms with Crippen LogP contribution in [0.2, 0.25) is 0 Å². The Morgan fingerprint density at radius 3 is 3.06 bits per heavy atom. The predicted molar refractivity (Wildman–Crippen MR) is 130 cm³/mol. The number of fused-ring (bicyclic) bond motifs is 4. The fourth-order valence-electron chi connectivity index (χ4n) is 5.25. The molecule has 0 spiro atoms. The molecule has 1 aromatic carbocycles. The van der Waals surface area contributed by atoms with Crippen LogP contribution in [0.4, 0.5) is 4.79 Å². The summed E-state index contributed by atoms with van der Waals surface area (Å²) in [5.74, 6) is 0.400. The topological polar surface area (TPSA) is 102 Å². The van der Waals surface area contributed by atoms with Crippen LogP contribution < -0.4 is 10.1 Å². The minimum atomic E-state index is -0.445. The summed E-state index contributed by atoms with van der Waals surface area (Å²) in [6, 6.07) is 5.88. The van der Waals surface area contributed by atoms with Crippen molar-refractivity contribution in [2.24, 2.45) is 5.92 Å². The van der Waals surface area contributed by atoms with E-state index in [-0.39, 0.29) is 36.3 Å². The number of hydrogen-bond acceptors (Lipinski definition) is 6. The van der Waals surface area contributed by atoms with E-state index in [0.29, 0.717) is 31.4 Å². The molecule has 0 saturated carbocycles. The molecule has 5 rings (SSSR count). The van der Waals surface area contributed by atoms with Gasteiger partial charge in [-0.3, -0.25) is 0 Å². The summed E-state index contributed by atoms with van der Waals surface area (Å²) in [5.41, 5.74) is 3.41. The molecule has 8 heteroatoms. The van der Waals surface area contributed by atoms with Crippen molar-refractivity contribution in [2.75, 3.05) is 20.3 Å². The maximum absolute atomic E-state index is 12.4. The second-order valence-electron chi connectivity index (χ2n) is 9.77. The van der Waals surface area contributed by atoms with E-state index in [1.165, 1.54) is 0 Å². The highest BCUT2D eigenvalue weighted by molar-refractivity contribution is 5.91. The average Bonchev–Trinajstić information content (AvgIpc) is 3.21. The van der Waals surface area contributed by atoms with Gasteiger partial charge in [0.2, 0.25) is 0 Å². The van der Waals surface area contributed by atoms with Crippen molar-refractivity contribution in [1.29, 1.82) is 0 Å². The second kappa shape index (κ2) is 9.41. The lowest BCUT2D eigenvalue weighted by atomic mass is 9.84. The molecule has 2 fully saturated rings. The second-order valence-corrected chi connectivity index (χ2v) is 9.77. The number of nitrogens with one attached hydrogen (secondary N) is 2. The van der Waals surface area contributed by atoms with Crippen LogP contribution in [-0.4, -0.2) is 55.1 Å². The Morgan fingerprint density at radius 1 is 1.37 bits per heavy atom. The van der Waals surface area contributed by atoms with Gasteiger partial charge in [0.05, 0.1) is 12.7 Å². The van der Waals surface area contributed by atoms with E-state index in [9.17, 15) is 9.59 Å². The summed E-state index contributed by atoms with van der Waals surface area (Å²) in [4.78, 5) is 27.7. The van der Waals surface area contributed by atoms with Gasteiger partial charge in [-0.2, -0.15) is 0 Å². The van der Waals surface area contributed by atoms with Crippen LogP contribution in [0.25, 0.3) is 10.9 Å². The maximum Gasteiger partial charge on any atom is 0.407 e. The van der Waals surface area contributed by atoms with Crippen LogP contribution in [0.1, 0.15) is 38.2 Å². The minimum absolute atomic E-state index is 0.0640. The van der Waals surface area contributed by atoms with Gasteiger partial charge < -0.3 is 29.2 Å². The first kappa shape index (κ1) is 23.5. The van der Waals surface area contributed by atoms with Crippen LogP contribution in [0.5, 0.6) is 5.75 Å². The van der Waals surface area contributed by atoms with Gasteiger partial charge in [0.25, 0.3) is 0 Å². The van der Waals surface area contributed by atoms with Crippen molar-refractivity contribution < 1.29 is 28.5 Å². The molecule has 1 aromatic heterocycles. The summed E-state index contributed by atoms with van der Waals surface area (Å²) in [5, 5.41) is 3.92. The lowest BCUT2D eigenvalue weighted by Crippen LogP contribution is -2.29. The van der Waals surface area contributed by atoms with Crippen LogP contribution in [0.3, 0.4) is 0 Å². The number of ether oxygens (including phenoxy) is 4. The SMILES string of the molecule is C=C1C(=O)O[C@H]2[C@H]1CC/C(COC(=O)NCCc1c[nH]c3ccc(OC)cc13)=C\CC[C@@]1(C)O[C@@H]21.